The average Bonchev–Trinajstić information content (AvgIpc) is 3.43. The maximum Gasteiger partial charge on any atom is 0.423 e. The minimum atomic E-state index is -4.80. The fourth-order valence-electron chi connectivity index (χ4n) is 4.01. The van der Waals surface area contributed by atoms with Crippen molar-refractivity contribution in [2.75, 3.05) is 23.4 Å². The topological polar surface area (TPSA) is 118 Å². The van der Waals surface area contributed by atoms with Crippen LogP contribution in [0.3, 0.4) is 0 Å². The van der Waals surface area contributed by atoms with Crippen LogP contribution in [0.4, 0.5) is 24.7 Å². The molecule has 0 spiro atoms. The Kier molecular flexibility index (Phi) is 5.88. The van der Waals surface area contributed by atoms with Crippen LogP contribution in [0.5, 0.6) is 0 Å². The van der Waals surface area contributed by atoms with Crippen LogP contribution in [-0.4, -0.2) is 53.8 Å². The molecule has 0 aliphatic carbocycles. The first-order chi connectivity index (χ1) is 16.8. The van der Waals surface area contributed by atoms with Gasteiger partial charge in [-0.3, -0.25) is 9.48 Å². The summed E-state index contributed by atoms with van der Waals surface area (Å²) in [5.74, 6) is 0.857. The van der Waals surface area contributed by atoms with Crippen LogP contribution in [0.25, 0.3) is 5.65 Å². The van der Waals surface area contributed by atoms with E-state index in [-0.39, 0.29) is 13.2 Å². The lowest BCUT2D eigenvalue weighted by Gasteiger charge is -2.28. The molecular formula is C21H22F3N9O2. The minimum Gasteiger partial charge on any atom is -0.378 e. The van der Waals surface area contributed by atoms with E-state index in [2.05, 4.69) is 30.5 Å². The van der Waals surface area contributed by atoms with E-state index in [1.54, 1.807) is 17.6 Å². The highest BCUT2D eigenvalue weighted by atomic mass is 19.4. The molecule has 4 aromatic heterocycles. The van der Waals surface area contributed by atoms with E-state index in [4.69, 9.17) is 4.74 Å². The Morgan fingerprint density at radius 2 is 2.14 bits per heavy atom. The van der Waals surface area contributed by atoms with Crippen molar-refractivity contribution in [3.8, 4) is 0 Å². The third kappa shape index (κ3) is 4.82. The second-order valence-electron chi connectivity index (χ2n) is 8.24. The van der Waals surface area contributed by atoms with E-state index >= 15 is 0 Å². The van der Waals surface area contributed by atoms with E-state index in [0.717, 1.165) is 35.6 Å². The smallest absolute Gasteiger partial charge is 0.378 e. The Balaban J connectivity index is 1.17. The molecule has 0 saturated heterocycles. The van der Waals surface area contributed by atoms with Crippen molar-refractivity contribution in [1.82, 2.24) is 34.6 Å². The molecule has 4 aromatic rings. The molecule has 1 atom stereocenters. The second kappa shape index (κ2) is 9.02. The molecule has 184 valence electrons. The van der Waals surface area contributed by atoms with Gasteiger partial charge in [-0.15, -0.1) is 0 Å². The first kappa shape index (κ1) is 22.8. The Morgan fingerprint density at radius 3 is 2.97 bits per heavy atom. The number of nitrogens with zero attached hydrogens (tertiary/aromatic N) is 7. The first-order valence-corrected chi connectivity index (χ1v) is 10.9. The molecule has 0 radical (unpaired) electrons. The number of hydrogen-bond acceptors (Lipinski definition) is 8. The maximum atomic E-state index is 13.2. The predicted molar refractivity (Wildman–Crippen MR) is 119 cm³/mol. The number of aromatic nitrogens is 7. The summed E-state index contributed by atoms with van der Waals surface area (Å²) in [4.78, 5) is 18.4. The van der Waals surface area contributed by atoms with Gasteiger partial charge in [-0.25, -0.2) is 14.6 Å². The number of aromatic amines is 1. The van der Waals surface area contributed by atoms with E-state index < -0.39 is 29.0 Å². The maximum absolute atomic E-state index is 13.2. The van der Waals surface area contributed by atoms with E-state index in [9.17, 15) is 18.0 Å². The number of rotatable bonds is 7. The molecule has 5 rings (SSSR count). The van der Waals surface area contributed by atoms with Crippen LogP contribution in [0, 0.1) is 0 Å². The lowest BCUT2D eigenvalue weighted by molar-refractivity contribution is -0.138. The van der Waals surface area contributed by atoms with Crippen LogP contribution < -0.4 is 15.8 Å². The first-order valence-electron chi connectivity index (χ1n) is 10.9. The number of nitrogens with one attached hydrogen (secondary N) is 2. The Labute approximate surface area is 196 Å². The van der Waals surface area contributed by atoms with Crippen LogP contribution in [0.15, 0.2) is 41.6 Å². The quantitative estimate of drug-likeness (QED) is 0.405. The largest absolute Gasteiger partial charge is 0.423 e. The van der Waals surface area contributed by atoms with Crippen molar-refractivity contribution in [3.63, 3.8) is 0 Å². The van der Waals surface area contributed by atoms with Crippen LogP contribution in [-0.2, 0) is 30.6 Å². The highest BCUT2D eigenvalue weighted by Gasteiger charge is 2.37. The van der Waals surface area contributed by atoms with Gasteiger partial charge in [-0.2, -0.15) is 28.5 Å². The van der Waals surface area contributed by atoms with Crippen molar-refractivity contribution in [3.05, 3.63) is 64.1 Å². The number of anilines is 2. The molecular weight excluding hydrogens is 467 g/mol. The summed E-state index contributed by atoms with van der Waals surface area (Å²) in [5, 5.41) is 16.6. The van der Waals surface area contributed by atoms with Gasteiger partial charge in [0, 0.05) is 24.8 Å². The summed E-state index contributed by atoms with van der Waals surface area (Å²) in [6.07, 6.45) is -0.290. The van der Waals surface area contributed by atoms with Gasteiger partial charge in [0.1, 0.15) is 11.4 Å². The van der Waals surface area contributed by atoms with Gasteiger partial charge < -0.3 is 15.0 Å². The van der Waals surface area contributed by atoms with Crippen molar-refractivity contribution >= 4 is 17.2 Å². The van der Waals surface area contributed by atoms with E-state index in [1.165, 1.54) is 0 Å². The summed E-state index contributed by atoms with van der Waals surface area (Å²) >= 11 is 0. The lowest BCUT2D eigenvalue weighted by atomic mass is 10.2. The van der Waals surface area contributed by atoms with Gasteiger partial charge in [-0.05, 0) is 19.1 Å². The zero-order chi connectivity index (χ0) is 24.6. The van der Waals surface area contributed by atoms with E-state index in [0.29, 0.717) is 13.1 Å². The summed E-state index contributed by atoms with van der Waals surface area (Å²) < 4.78 is 48.9. The van der Waals surface area contributed by atoms with Crippen molar-refractivity contribution in [2.45, 2.75) is 38.8 Å². The fourth-order valence-corrected chi connectivity index (χ4v) is 4.01. The summed E-state index contributed by atoms with van der Waals surface area (Å²) in [6.45, 7) is 4.04. The molecule has 1 aliphatic rings. The van der Waals surface area contributed by atoms with Crippen LogP contribution in [0.2, 0.25) is 0 Å². The standard InChI is InChI=1S/C21H22F3N9O2/c1-13(27-16-9-25-29-20(34)19(16)21(22,23)24)11-35-12-14-8-15-10-31(6-7-32(15)30-14)17-3-5-33-18(28-17)2-4-26-33/h2-5,8-9,13H,6-7,10-12H2,1H3,(H2,27,29,34)/t13-/m0/s1. The van der Waals surface area contributed by atoms with Gasteiger partial charge in [0.25, 0.3) is 5.56 Å². The van der Waals surface area contributed by atoms with E-state index in [1.807, 2.05) is 34.2 Å². The van der Waals surface area contributed by atoms with Crippen molar-refractivity contribution < 1.29 is 17.9 Å². The Morgan fingerprint density at radius 1 is 1.29 bits per heavy atom. The molecule has 0 saturated carbocycles. The molecule has 1 aliphatic heterocycles. The molecule has 0 fully saturated rings. The van der Waals surface area contributed by atoms with Gasteiger partial charge in [0.2, 0.25) is 0 Å². The number of ether oxygens (including phenoxy) is 1. The minimum absolute atomic E-state index is 0.105. The fraction of sp³-hybridized carbons (Fsp3) is 0.381. The van der Waals surface area contributed by atoms with Gasteiger partial charge in [-0.1, -0.05) is 0 Å². The highest BCUT2D eigenvalue weighted by Crippen LogP contribution is 2.31. The van der Waals surface area contributed by atoms with Crippen LogP contribution in [0.1, 0.15) is 23.9 Å². The van der Waals surface area contributed by atoms with Crippen molar-refractivity contribution in [2.24, 2.45) is 0 Å². The third-order valence-electron chi connectivity index (χ3n) is 5.58. The summed E-state index contributed by atoms with van der Waals surface area (Å²) in [5.41, 5.74) is -0.488. The van der Waals surface area contributed by atoms with Gasteiger partial charge >= 0.3 is 6.18 Å². The number of alkyl halides is 3. The molecule has 0 amide bonds. The zero-order valence-electron chi connectivity index (χ0n) is 18.7. The number of halogens is 3. The van der Waals surface area contributed by atoms with Crippen molar-refractivity contribution in [1.29, 1.82) is 0 Å². The monoisotopic (exact) mass is 489 g/mol. The summed E-state index contributed by atoms with van der Waals surface area (Å²) in [6, 6.07) is 5.21. The molecule has 0 aromatic carbocycles. The average molecular weight is 489 g/mol. The summed E-state index contributed by atoms with van der Waals surface area (Å²) in [7, 11) is 0. The van der Waals surface area contributed by atoms with Gasteiger partial charge in [0.05, 0.1) is 55.8 Å². The molecule has 0 bridgehead atoms. The normalized spacial score (nSPS) is 14.8. The lowest BCUT2D eigenvalue weighted by Crippen LogP contribution is -2.34. The number of hydrogen-bond donors (Lipinski definition) is 2. The highest BCUT2D eigenvalue weighted by molar-refractivity contribution is 5.50. The molecule has 5 heterocycles. The molecule has 0 unspecified atom stereocenters. The molecule has 35 heavy (non-hydrogen) atoms. The molecule has 14 heteroatoms. The third-order valence-corrected chi connectivity index (χ3v) is 5.58. The van der Waals surface area contributed by atoms with Gasteiger partial charge in [0.15, 0.2) is 5.65 Å². The van der Waals surface area contributed by atoms with Crippen LogP contribution >= 0.6 is 0 Å². The Bertz CT molecular complexity index is 1390. The zero-order valence-corrected chi connectivity index (χ0v) is 18.7. The number of H-pyrrole nitrogens is 1. The SMILES string of the molecule is C[C@@H](COCc1cc2n(n1)CCN(c1ccn3nccc3n1)C2)Nc1cn[nH]c(=O)c1C(F)(F)F. The number of fused-ring (bicyclic) bond motifs is 2. The Hall–Kier alpha value is -3.94. The predicted octanol–water partition coefficient (Wildman–Crippen LogP) is 2.07. The second-order valence-corrected chi connectivity index (χ2v) is 8.24. The molecule has 11 nitrogen and oxygen atoms in total. The molecule has 2 N–H and O–H groups in total.